The molecule has 6 nitrogen and oxygen atoms in total. The predicted molar refractivity (Wildman–Crippen MR) is 131 cm³/mol. The first kappa shape index (κ1) is 22.0. The lowest BCUT2D eigenvalue weighted by Crippen LogP contribution is -2.50. The third-order valence-electron chi connectivity index (χ3n) is 8.11. The molecule has 0 aliphatic heterocycles. The first-order valence-corrected chi connectivity index (χ1v) is 13.8. The molecule has 7 heteroatoms. The highest BCUT2D eigenvalue weighted by molar-refractivity contribution is 7.86. The molecule has 0 amide bonds. The van der Waals surface area contributed by atoms with Crippen molar-refractivity contribution in [2.45, 2.75) is 69.6 Å². The number of hydrogen-bond donors (Lipinski definition) is 1. The number of aryl methyl sites for hydroxylation is 2. The number of aromatic nitrogens is 3. The van der Waals surface area contributed by atoms with Crippen molar-refractivity contribution in [1.82, 2.24) is 14.8 Å². The van der Waals surface area contributed by atoms with Gasteiger partial charge in [-0.3, -0.25) is 14.2 Å². The molecule has 3 aliphatic rings. The van der Waals surface area contributed by atoms with Crippen LogP contribution in [0.15, 0.2) is 48.7 Å². The molecule has 1 aromatic carbocycles. The summed E-state index contributed by atoms with van der Waals surface area (Å²) in [4.78, 5) is 4.74. The Morgan fingerprint density at radius 1 is 1.06 bits per heavy atom. The Hall–Kier alpha value is -2.51. The molecule has 0 saturated heterocycles. The summed E-state index contributed by atoms with van der Waals surface area (Å²) in [6.45, 7) is 3.97. The van der Waals surface area contributed by atoms with Gasteiger partial charge >= 0.3 is 0 Å². The molecule has 0 radical (unpaired) electrons. The molecule has 2 heterocycles. The zero-order valence-corrected chi connectivity index (χ0v) is 20.5. The Morgan fingerprint density at radius 2 is 1.79 bits per heavy atom. The molecule has 3 fully saturated rings. The van der Waals surface area contributed by atoms with E-state index in [1.165, 1.54) is 18.5 Å². The van der Waals surface area contributed by atoms with Crippen molar-refractivity contribution in [3.05, 3.63) is 71.2 Å². The summed E-state index contributed by atoms with van der Waals surface area (Å²) in [6.07, 6.45) is 8.28. The first-order chi connectivity index (χ1) is 16.2. The van der Waals surface area contributed by atoms with Crippen LogP contribution >= 0.6 is 0 Å². The molecular formula is C27H31N3O3S. The van der Waals surface area contributed by atoms with Crippen LogP contribution in [-0.2, 0) is 10.1 Å². The van der Waals surface area contributed by atoms with Crippen molar-refractivity contribution < 1.29 is 13.0 Å². The predicted octanol–water partition coefficient (Wildman–Crippen LogP) is 5.80. The highest BCUT2D eigenvalue weighted by atomic mass is 32.2. The van der Waals surface area contributed by atoms with Crippen molar-refractivity contribution in [3.63, 3.8) is 0 Å². The maximum absolute atomic E-state index is 12.3. The molecule has 3 saturated carbocycles. The Labute approximate surface area is 201 Å². The van der Waals surface area contributed by atoms with E-state index in [2.05, 4.69) is 23.0 Å². The van der Waals surface area contributed by atoms with Crippen LogP contribution in [0.2, 0.25) is 0 Å². The molecule has 3 aromatic rings. The molecule has 1 spiro atoms. The van der Waals surface area contributed by atoms with Gasteiger partial charge in [0.2, 0.25) is 0 Å². The van der Waals surface area contributed by atoms with Gasteiger partial charge in [-0.05, 0) is 81.4 Å². The van der Waals surface area contributed by atoms with Crippen LogP contribution in [0, 0.1) is 25.2 Å². The number of pyridine rings is 1. The molecular weight excluding hydrogens is 446 g/mol. The van der Waals surface area contributed by atoms with E-state index in [-0.39, 0.29) is 11.3 Å². The summed E-state index contributed by atoms with van der Waals surface area (Å²) in [5.41, 5.74) is 6.23. The normalized spacial score (nSPS) is 27.3. The Morgan fingerprint density at radius 3 is 2.44 bits per heavy atom. The zero-order chi connectivity index (χ0) is 23.7. The van der Waals surface area contributed by atoms with Crippen LogP contribution < -0.4 is 0 Å². The van der Waals surface area contributed by atoms with Gasteiger partial charge in [0, 0.05) is 23.4 Å². The third-order valence-corrected chi connectivity index (χ3v) is 9.41. The highest BCUT2D eigenvalue weighted by Gasteiger charge is 2.57. The topological polar surface area (TPSA) is 85.1 Å². The average molecular weight is 478 g/mol. The largest absolute Gasteiger partial charge is 0.285 e. The maximum atomic E-state index is 12.3. The summed E-state index contributed by atoms with van der Waals surface area (Å²) in [5, 5.41) is 4.18. The number of rotatable bonds is 6. The van der Waals surface area contributed by atoms with Crippen molar-refractivity contribution in [2.24, 2.45) is 11.3 Å². The molecule has 1 atom stereocenters. The molecule has 2 aromatic heterocycles. The molecule has 1 N–H and O–H groups in total. The van der Waals surface area contributed by atoms with E-state index >= 15 is 0 Å². The highest BCUT2D eigenvalue weighted by Crippen LogP contribution is 2.65. The number of hydrogen-bond acceptors (Lipinski definition) is 4. The van der Waals surface area contributed by atoms with E-state index in [1.807, 2.05) is 44.2 Å². The number of nitrogens with zero attached hydrogens (tertiary/aromatic N) is 3. The van der Waals surface area contributed by atoms with E-state index in [9.17, 15) is 13.0 Å². The van der Waals surface area contributed by atoms with E-state index in [0.717, 1.165) is 48.2 Å². The van der Waals surface area contributed by atoms with E-state index in [1.54, 1.807) is 0 Å². The zero-order valence-electron chi connectivity index (χ0n) is 19.7. The van der Waals surface area contributed by atoms with Crippen LogP contribution in [0.1, 0.15) is 78.2 Å². The molecule has 34 heavy (non-hydrogen) atoms. The second-order valence-electron chi connectivity index (χ2n) is 10.9. The van der Waals surface area contributed by atoms with Gasteiger partial charge in [-0.2, -0.15) is 13.5 Å². The second kappa shape index (κ2) is 7.75. The van der Waals surface area contributed by atoms with Crippen molar-refractivity contribution in [1.29, 1.82) is 0 Å². The minimum Gasteiger partial charge on any atom is -0.285 e. The van der Waals surface area contributed by atoms with Gasteiger partial charge in [0.05, 0.1) is 17.4 Å². The molecule has 0 bridgehead atoms. The quantitative estimate of drug-likeness (QED) is 0.454. The van der Waals surface area contributed by atoms with Crippen molar-refractivity contribution in [2.75, 3.05) is 0 Å². The van der Waals surface area contributed by atoms with E-state index in [4.69, 9.17) is 10.1 Å². The van der Waals surface area contributed by atoms with Gasteiger partial charge < -0.3 is 0 Å². The summed E-state index contributed by atoms with van der Waals surface area (Å²) in [5.74, 6) is 0.509. The minimum atomic E-state index is -4.16. The Kier molecular flexibility index (Phi) is 5.01. The fourth-order valence-corrected chi connectivity index (χ4v) is 7.57. The van der Waals surface area contributed by atoms with Crippen LogP contribution in [0.3, 0.4) is 0 Å². The van der Waals surface area contributed by atoms with Crippen LogP contribution in [0.25, 0.3) is 11.3 Å². The molecule has 1 unspecified atom stereocenters. The minimum absolute atomic E-state index is 0.0375. The van der Waals surface area contributed by atoms with Gasteiger partial charge in [0.25, 0.3) is 10.1 Å². The molecule has 6 rings (SSSR count). The van der Waals surface area contributed by atoms with Crippen LogP contribution in [0.4, 0.5) is 0 Å². The molecule has 178 valence electrons. The fourth-order valence-electron chi connectivity index (χ4n) is 6.40. The van der Waals surface area contributed by atoms with Crippen molar-refractivity contribution >= 4 is 10.1 Å². The average Bonchev–Trinajstić information content (AvgIpc) is 3.46. The van der Waals surface area contributed by atoms with E-state index < -0.39 is 15.4 Å². The Bertz CT molecular complexity index is 1340. The summed E-state index contributed by atoms with van der Waals surface area (Å²) in [6, 6.07) is 14.0. The van der Waals surface area contributed by atoms with Gasteiger partial charge in [-0.1, -0.05) is 35.9 Å². The number of benzene rings is 1. The lowest BCUT2D eigenvalue weighted by atomic mass is 9.49. The van der Waals surface area contributed by atoms with Crippen LogP contribution in [0.5, 0.6) is 0 Å². The van der Waals surface area contributed by atoms with Gasteiger partial charge in [0.15, 0.2) is 0 Å². The maximum Gasteiger partial charge on any atom is 0.272 e. The van der Waals surface area contributed by atoms with Gasteiger partial charge in [-0.15, -0.1) is 0 Å². The standard InChI is InChI=1S/C27H31N3O3S/c1-17-5-3-7-20(11-17)26(34(31,32)33)21-12-27(13-21)14-22(15-27)30-16-23(25(29-30)19-9-10-19)24-8-4-6-18(2)28-24/h3-8,11,16,19,21-22,26H,9-10,12-15H2,1-2H3,(H,31,32,33). The summed E-state index contributed by atoms with van der Waals surface area (Å²) >= 11 is 0. The fraction of sp³-hybridized carbons (Fsp3) is 0.481. The summed E-state index contributed by atoms with van der Waals surface area (Å²) in [7, 11) is -4.16. The lowest BCUT2D eigenvalue weighted by Gasteiger charge is -2.58. The van der Waals surface area contributed by atoms with Crippen molar-refractivity contribution in [3.8, 4) is 11.3 Å². The SMILES string of the molecule is Cc1cccc(C(C2CC3(C2)CC(n2cc(-c4cccc(C)n4)c(C4CC4)n2)C3)S(=O)(=O)O)c1. The lowest BCUT2D eigenvalue weighted by molar-refractivity contribution is -0.0670. The van der Waals surface area contributed by atoms with Crippen LogP contribution in [-0.4, -0.2) is 27.7 Å². The van der Waals surface area contributed by atoms with Gasteiger partial charge in [0.1, 0.15) is 5.25 Å². The summed E-state index contributed by atoms with van der Waals surface area (Å²) < 4.78 is 36.7. The van der Waals surface area contributed by atoms with E-state index in [0.29, 0.717) is 17.5 Å². The smallest absolute Gasteiger partial charge is 0.272 e. The second-order valence-corrected chi connectivity index (χ2v) is 12.5. The van der Waals surface area contributed by atoms with Gasteiger partial charge in [-0.25, -0.2) is 0 Å². The monoisotopic (exact) mass is 477 g/mol. The molecule has 3 aliphatic carbocycles. The first-order valence-electron chi connectivity index (χ1n) is 12.3. The third kappa shape index (κ3) is 3.89. The Balaban J connectivity index is 1.18.